The summed E-state index contributed by atoms with van der Waals surface area (Å²) in [4.78, 5) is 21.2. The third-order valence-electron chi connectivity index (χ3n) is 5.90. The van der Waals surface area contributed by atoms with Gasteiger partial charge in [0.2, 0.25) is 0 Å². The van der Waals surface area contributed by atoms with Gasteiger partial charge in [0.25, 0.3) is 5.91 Å². The van der Waals surface area contributed by atoms with Crippen molar-refractivity contribution >= 4 is 11.9 Å². The predicted octanol–water partition coefficient (Wildman–Crippen LogP) is 2.01. The Bertz CT molecular complexity index is 708. The van der Waals surface area contributed by atoms with Gasteiger partial charge in [-0.2, -0.15) is 0 Å². The van der Waals surface area contributed by atoms with Gasteiger partial charge in [-0.15, -0.1) is 0 Å². The topological polar surface area (TPSA) is 69.2 Å². The minimum absolute atomic E-state index is 0.108. The van der Waals surface area contributed by atoms with Crippen LogP contribution >= 0.6 is 0 Å². The van der Waals surface area contributed by atoms with Gasteiger partial charge in [-0.3, -0.25) is 9.79 Å². The molecule has 166 valence electrons. The number of hydrogen-bond donors (Lipinski definition) is 2. The molecule has 0 saturated carbocycles. The van der Waals surface area contributed by atoms with Gasteiger partial charge >= 0.3 is 0 Å². The van der Waals surface area contributed by atoms with Crippen LogP contribution in [0.25, 0.3) is 0 Å². The molecule has 3 rings (SSSR count). The Morgan fingerprint density at radius 3 is 2.47 bits per heavy atom. The number of nitrogens with one attached hydrogen (secondary N) is 2. The van der Waals surface area contributed by atoms with Crippen molar-refractivity contribution in [2.45, 2.75) is 51.3 Å². The van der Waals surface area contributed by atoms with E-state index in [1.165, 1.54) is 5.56 Å². The molecule has 2 fully saturated rings. The number of benzene rings is 1. The van der Waals surface area contributed by atoms with Crippen LogP contribution in [0.2, 0.25) is 0 Å². The van der Waals surface area contributed by atoms with E-state index in [0.717, 1.165) is 38.4 Å². The molecular weight excluding hydrogens is 378 g/mol. The lowest BCUT2D eigenvalue weighted by Crippen LogP contribution is -2.57. The van der Waals surface area contributed by atoms with Crippen molar-refractivity contribution in [2.75, 3.05) is 46.4 Å². The number of guanidine groups is 1. The summed E-state index contributed by atoms with van der Waals surface area (Å²) >= 11 is 0. The van der Waals surface area contributed by atoms with E-state index >= 15 is 0 Å². The summed E-state index contributed by atoms with van der Waals surface area (Å²) in [5.41, 5.74) is 1.17. The molecule has 1 aromatic rings. The fraction of sp³-hybridized carbons (Fsp3) is 0.652. The molecule has 2 aliphatic rings. The smallest absolute Gasteiger partial charge is 0.251 e. The van der Waals surface area contributed by atoms with Crippen LogP contribution in [0.4, 0.5) is 0 Å². The lowest BCUT2D eigenvalue weighted by atomic mass is 10.0. The molecule has 0 radical (unpaired) electrons. The van der Waals surface area contributed by atoms with Gasteiger partial charge in [-0.25, -0.2) is 0 Å². The third kappa shape index (κ3) is 5.95. The van der Waals surface area contributed by atoms with Crippen molar-refractivity contribution in [3.8, 4) is 0 Å². The molecule has 7 heteroatoms. The first kappa shape index (κ1) is 22.6. The van der Waals surface area contributed by atoms with Gasteiger partial charge in [0, 0.05) is 58.0 Å². The molecule has 2 aliphatic heterocycles. The Morgan fingerprint density at radius 2 is 1.87 bits per heavy atom. The molecule has 30 heavy (non-hydrogen) atoms. The van der Waals surface area contributed by atoms with Gasteiger partial charge in [0.05, 0.1) is 0 Å². The maximum Gasteiger partial charge on any atom is 0.251 e. The molecule has 0 aliphatic carbocycles. The van der Waals surface area contributed by atoms with E-state index in [1.54, 1.807) is 0 Å². The van der Waals surface area contributed by atoms with Crippen molar-refractivity contribution in [1.29, 1.82) is 0 Å². The highest BCUT2D eigenvalue weighted by Gasteiger charge is 2.31. The van der Waals surface area contributed by atoms with E-state index in [9.17, 15) is 4.79 Å². The lowest BCUT2D eigenvalue weighted by Gasteiger charge is -2.38. The average Bonchev–Trinajstić information content (AvgIpc) is 3.29. The van der Waals surface area contributed by atoms with Crippen molar-refractivity contribution in [3.05, 3.63) is 35.9 Å². The quantitative estimate of drug-likeness (QED) is 0.550. The van der Waals surface area contributed by atoms with Crippen molar-refractivity contribution < 1.29 is 9.53 Å². The van der Waals surface area contributed by atoms with Gasteiger partial charge in [-0.1, -0.05) is 30.3 Å². The first-order valence-electron chi connectivity index (χ1n) is 11.1. The molecule has 7 nitrogen and oxygen atoms in total. The fourth-order valence-electron chi connectivity index (χ4n) is 4.21. The minimum atomic E-state index is -0.229. The standard InChI is InChI=1S/C23H37N5O2/c1-18(19-9-6-5-7-10-19)26-23(2,3)17-25-22(24-4)28-14-12-27(13-15-28)21(29)20-11-8-16-30-20/h5-7,9-10,18,20,26H,8,11-17H2,1-4H3,(H,24,25). The summed E-state index contributed by atoms with van der Waals surface area (Å²) in [6, 6.07) is 10.8. The van der Waals surface area contributed by atoms with Gasteiger partial charge in [-0.05, 0) is 39.2 Å². The van der Waals surface area contributed by atoms with E-state index in [4.69, 9.17) is 4.74 Å². The number of hydrogen-bond acceptors (Lipinski definition) is 4. The Hall–Kier alpha value is -2.12. The number of piperazine rings is 1. The van der Waals surface area contributed by atoms with Crippen LogP contribution < -0.4 is 10.6 Å². The van der Waals surface area contributed by atoms with Crippen LogP contribution in [0.1, 0.15) is 45.2 Å². The maximum absolute atomic E-state index is 12.6. The van der Waals surface area contributed by atoms with Gasteiger partial charge < -0.3 is 25.2 Å². The van der Waals surface area contributed by atoms with Crippen LogP contribution in [0.3, 0.4) is 0 Å². The van der Waals surface area contributed by atoms with Crippen molar-refractivity contribution in [1.82, 2.24) is 20.4 Å². The molecule has 0 aromatic heterocycles. The predicted molar refractivity (Wildman–Crippen MR) is 121 cm³/mol. The molecule has 0 bridgehead atoms. The SMILES string of the molecule is CN=C(NCC(C)(C)NC(C)c1ccccc1)N1CCN(C(=O)C2CCCO2)CC1. The summed E-state index contributed by atoms with van der Waals surface area (Å²) in [6.45, 7) is 11.1. The zero-order valence-electron chi connectivity index (χ0n) is 18.9. The normalized spacial score (nSPS) is 21.6. The Labute approximate surface area is 180 Å². The number of carbonyl (C=O) groups excluding carboxylic acids is 1. The Morgan fingerprint density at radius 1 is 1.20 bits per heavy atom. The maximum atomic E-state index is 12.6. The highest BCUT2D eigenvalue weighted by molar-refractivity contribution is 5.82. The molecule has 2 N–H and O–H groups in total. The second-order valence-corrected chi connectivity index (χ2v) is 8.88. The zero-order chi connectivity index (χ0) is 21.6. The molecule has 1 aromatic carbocycles. The lowest BCUT2D eigenvalue weighted by molar-refractivity contribution is -0.142. The van der Waals surface area contributed by atoms with Crippen LogP contribution in [-0.2, 0) is 9.53 Å². The molecule has 2 heterocycles. The summed E-state index contributed by atoms with van der Waals surface area (Å²) in [5, 5.41) is 7.23. The summed E-state index contributed by atoms with van der Waals surface area (Å²) < 4.78 is 5.56. The number of ether oxygens (including phenoxy) is 1. The van der Waals surface area contributed by atoms with E-state index in [-0.39, 0.29) is 23.6 Å². The molecule has 1 amide bonds. The number of aliphatic imine (C=N–C) groups is 1. The highest BCUT2D eigenvalue weighted by atomic mass is 16.5. The Kier molecular flexibility index (Phi) is 7.72. The van der Waals surface area contributed by atoms with Crippen molar-refractivity contribution in [3.63, 3.8) is 0 Å². The molecular formula is C23H37N5O2. The van der Waals surface area contributed by atoms with Crippen molar-refractivity contribution in [2.24, 2.45) is 4.99 Å². The van der Waals surface area contributed by atoms with E-state index in [2.05, 4.69) is 65.6 Å². The number of amides is 1. The van der Waals surface area contributed by atoms with Crippen LogP contribution in [0.15, 0.2) is 35.3 Å². The van der Waals surface area contributed by atoms with Gasteiger partial charge in [0.15, 0.2) is 5.96 Å². The fourth-order valence-corrected chi connectivity index (χ4v) is 4.21. The van der Waals surface area contributed by atoms with Crippen LogP contribution in [0, 0.1) is 0 Å². The van der Waals surface area contributed by atoms with Crippen LogP contribution in [-0.4, -0.2) is 79.7 Å². The number of nitrogens with zero attached hydrogens (tertiary/aromatic N) is 3. The summed E-state index contributed by atoms with van der Waals surface area (Å²) in [7, 11) is 1.82. The average molecular weight is 416 g/mol. The Balaban J connectivity index is 1.46. The molecule has 2 saturated heterocycles. The second kappa shape index (κ2) is 10.3. The highest BCUT2D eigenvalue weighted by Crippen LogP contribution is 2.17. The van der Waals surface area contributed by atoms with Crippen LogP contribution in [0.5, 0.6) is 0 Å². The summed E-state index contributed by atoms with van der Waals surface area (Å²) in [5.74, 6) is 1.04. The first-order chi connectivity index (χ1) is 14.4. The summed E-state index contributed by atoms with van der Waals surface area (Å²) in [6.07, 6.45) is 1.61. The molecule has 0 spiro atoms. The third-order valence-corrected chi connectivity index (χ3v) is 5.90. The molecule has 2 unspecified atom stereocenters. The van der Waals surface area contributed by atoms with Gasteiger partial charge in [0.1, 0.15) is 6.10 Å². The largest absolute Gasteiger partial charge is 0.368 e. The first-order valence-corrected chi connectivity index (χ1v) is 11.1. The number of rotatable bonds is 6. The second-order valence-electron chi connectivity index (χ2n) is 8.88. The minimum Gasteiger partial charge on any atom is -0.368 e. The zero-order valence-corrected chi connectivity index (χ0v) is 18.9. The molecule has 2 atom stereocenters. The monoisotopic (exact) mass is 415 g/mol. The van der Waals surface area contributed by atoms with E-state index in [0.29, 0.717) is 19.7 Å². The van der Waals surface area contributed by atoms with E-state index < -0.39 is 0 Å². The number of carbonyl (C=O) groups is 1. The van der Waals surface area contributed by atoms with E-state index in [1.807, 2.05) is 18.0 Å².